The third-order valence-corrected chi connectivity index (χ3v) is 0.933. The average molecular weight is 114 g/mol. The van der Waals surface area contributed by atoms with Crippen molar-refractivity contribution >= 4 is 16.9 Å². The Hall–Kier alpha value is -0.620. The third-order valence-electron chi connectivity index (χ3n) is 0.311. The van der Waals surface area contributed by atoms with Gasteiger partial charge in [-0.3, -0.25) is 5.41 Å². The van der Waals surface area contributed by atoms with Crippen LogP contribution in [0.4, 0.5) is 0 Å². The number of nitrogens with two attached hydrogens (primary N) is 1. The predicted octanol–water partition coefficient (Wildman–Crippen LogP) is 0.246. The first-order valence-electron chi connectivity index (χ1n) is 1.67. The highest BCUT2D eigenvalue weighted by molar-refractivity contribution is 8.13. The quantitative estimate of drug-likeness (QED) is 0.291. The van der Waals surface area contributed by atoms with E-state index in [1.54, 1.807) is 0 Å². The van der Waals surface area contributed by atoms with Gasteiger partial charge >= 0.3 is 0 Å². The second kappa shape index (κ2) is 3.57. The SMILES string of the molecule is C#CCSC(=N)N. The largest absolute Gasteiger partial charge is 0.379 e. The molecule has 0 rings (SSSR count). The van der Waals surface area contributed by atoms with Gasteiger partial charge in [0.25, 0.3) is 0 Å². The molecule has 7 heavy (non-hydrogen) atoms. The molecule has 0 unspecified atom stereocenters. The summed E-state index contributed by atoms with van der Waals surface area (Å²) < 4.78 is 0. The van der Waals surface area contributed by atoms with Crippen LogP contribution in [-0.4, -0.2) is 10.9 Å². The van der Waals surface area contributed by atoms with Crippen LogP contribution in [0.2, 0.25) is 0 Å². The molecule has 0 saturated heterocycles. The first-order chi connectivity index (χ1) is 3.27. The Kier molecular flexibility index (Phi) is 3.25. The van der Waals surface area contributed by atoms with E-state index in [0.717, 1.165) is 11.8 Å². The Morgan fingerprint density at radius 3 is 2.71 bits per heavy atom. The van der Waals surface area contributed by atoms with Crippen LogP contribution in [-0.2, 0) is 0 Å². The van der Waals surface area contributed by atoms with Crippen molar-refractivity contribution in [3.05, 3.63) is 0 Å². The molecular weight excluding hydrogens is 108 g/mol. The van der Waals surface area contributed by atoms with Crippen LogP contribution in [0.15, 0.2) is 0 Å². The summed E-state index contributed by atoms with van der Waals surface area (Å²) in [5, 5.41) is 6.72. The molecule has 0 amide bonds. The molecule has 0 aromatic heterocycles. The second-order valence-corrected chi connectivity index (χ2v) is 1.87. The van der Waals surface area contributed by atoms with E-state index in [1.165, 1.54) is 0 Å². The molecule has 0 saturated carbocycles. The van der Waals surface area contributed by atoms with Crippen LogP contribution in [0.3, 0.4) is 0 Å². The van der Waals surface area contributed by atoms with E-state index in [0.29, 0.717) is 5.75 Å². The number of thioether (sulfide) groups is 1. The minimum absolute atomic E-state index is 0.0814. The number of amidine groups is 1. The standard InChI is InChI=1S/C4H6N2S/c1-2-3-7-4(5)6/h1H,3H2,(H3,5,6). The van der Waals surface area contributed by atoms with Crippen LogP contribution in [0.25, 0.3) is 0 Å². The highest BCUT2D eigenvalue weighted by Crippen LogP contribution is 1.92. The molecular formula is C4H6N2S. The van der Waals surface area contributed by atoms with E-state index in [1.807, 2.05) is 0 Å². The molecule has 0 heterocycles. The number of hydrogen-bond donors (Lipinski definition) is 2. The van der Waals surface area contributed by atoms with Crippen molar-refractivity contribution in [2.24, 2.45) is 5.73 Å². The Labute approximate surface area is 47.0 Å². The van der Waals surface area contributed by atoms with Crippen molar-refractivity contribution in [2.45, 2.75) is 0 Å². The lowest BCUT2D eigenvalue weighted by Crippen LogP contribution is -2.03. The maximum absolute atomic E-state index is 6.64. The fourth-order valence-corrected chi connectivity index (χ4v) is 0.358. The molecule has 0 aliphatic rings. The molecule has 3 N–H and O–H groups in total. The van der Waals surface area contributed by atoms with Crippen molar-refractivity contribution in [1.82, 2.24) is 0 Å². The first-order valence-corrected chi connectivity index (χ1v) is 2.66. The molecule has 0 aromatic carbocycles. The Balaban J connectivity index is 3.02. The number of rotatable bonds is 1. The van der Waals surface area contributed by atoms with Crippen LogP contribution >= 0.6 is 11.8 Å². The van der Waals surface area contributed by atoms with Crippen LogP contribution in [0.1, 0.15) is 0 Å². The molecule has 0 fully saturated rings. The average Bonchev–Trinajstić information content (AvgIpc) is 1.61. The molecule has 0 radical (unpaired) electrons. The maximum atomic E-state index is 6.64. The van der Waals surface area contributed by atoms with Gasteiger partial charge in [-0.1, -0.05) is 17.7 Å². The summed E-state index contributed by atoms with van der Waals surface area (Å²) in [6.07, 6.45) is 4.85. The molecule has 38 valence electrons. The first kappa shape index (κ1) is 6.38. The second-order valence-electron chi connectivity index (χ2n) is 0.857. The summed E-state index contributed by atoms with van der Waals surface area (Å²) in [6.45, 7) is 0. The third kappa shape index (κ3) is 5.38. The maximum Gasteiger partial charge on any atom is 0.151 e. The summed E-state index contributed by atoms with van der Waals surface area (Å²) in [5.41, 5.74) is 4.93. The molecule has 0 aliphatic carbocycles. The molecule has 0 aromatic rings. The summed E-state index contributed by atoms with van der Waals surface area (Å²) in [7, 11) is 0. The highest BCUT2D eigenvalue weighted by atomic mass is 32.2. The lowest BCUT2D eigenvalue weighted by molar-refractivity contribution is 1.50. The van der Waals surface area contributed by atoms with Crippen molar-refractivity contribution in [3.63, 3.8) is 0 Å². The number of hydrogen-bond acceptors (Lipinski definition) is 2. The minimum Gasteiger partial charge on any atom is -0.379 e. The zero-order valence-corrected chi connectivity index (χ0v) is 4.59. The fraction of sp³-hybridized carbons (Fsp3) is 0.250. The van der Waals surface area contributed by atoms with Crippen LogP contribution in [0.5, 0.6) is 0 Å². The Bertz CT molecular complexity index is 103. The smallest absolute Gasteiger partial charge is 0.151 e. The van der Waals surface area contributed by atoms with Gasteiger partial charge < -0.3 is 5.73 Å². The van der Waals surface area contributed by atoms with E-state index in [-0.39, 0.29) is 5.17 Å². The lowest BCUT2D eigenvalue weighted by Gasteiger charge is -1.85. The summed E-state index contributed by atoms with van der Waals surface area (Å²) in [6, 6.07) is 0. The van der Waals surface area contributed by atoms with Crippen molar-refractivity contribution in [2.75, 3.05) is 5.75 Å². The van der Waals surface area contributed by atoms with Gasteiger partial charge in [-0.25, -0.2) is 0 Å². The van der Waals surface area contributed by atoms with E-state index >= 15 is 0 Å². The van der Waals surface area contributed by atoms with E-state index in [9.17, 15) is 0 Å². The van der Waals surface area contributed by atoms with Gasteiger partial charge in [-0.15, -0.1) is 6.42 Å². The normalized spacial score (nSPS) is 7.29. The minimum atomic E-state index is 0.0814. The van der Waals surface area contributed by atoms with Crippen molar-refractivity contribution in [1.29, 1.82) is 5.41 Å². The number of nitrogens with one attached hydrogen (secondary N) is 1. The van der Waals surface area contributed by atoms with Crippen LogP contribution in [0, 0.1) is 17.8 Å². The van der Waals surface area contributed by atoms with Crippen molar-refractivity contribution < 1.29 is 0 Å². The molecule has 0 bridgehead atoms. The summed E-state index contributed by atoms with van der Waals surface area (Å²) in [5.74, 6) is 2.84. The molecule has 2 nitrogen and oxygen atoms in total. The van der Waals surface area contributed by atoms with Crippen molar-refractivity contribution in [3.8, 4) is 12.3 Å². The van der Waals surface area contributed by atoms with E-state index < -0.39 is 0 Å². The topological polar surface area (TPSA) is 49.9 Å². The zero-order chi connectivity index (χ0) is 5.70. The van der Waals surface area contributed by atoms with Gasteiger partial charge in [0.2, 0.25) is 0 Å². The zero-order valence-electron chi connectivity index (χ0n) is 3.77. The summed E-state index contributed by atoms with van der Waals surface area (Å²) in [4.78, 5) is 0. The molecule has 0 aliphatic heterocycles. The molecule has 0 atom stereocenters. The Morgan fingerprint density at radius 1 is 2.00 bits per heavy atom. The predicted molar refractivity (Wildman–Crippen MR) is 33.2 cm³/mol. The Morgan fingerprint density at radius 2 is 2.57 bits per heavy atom. The van der Waals surface area contributed by atoms with Gasteiger partial charge in [-0.2, -0.15) is 0 Å². The van der Waals surface area contributed by atoms with Gasteiger partial charge in [0.15, 0.2) is 5.17 Å². The number of terminal acetylenes is 1. The van der Waals surface area contributed by atoms with Gasteiger partial charge in [0.1, 0.15) is 0 Å². The van der Waals surface area contributed by atoms with Crippen LogP contribution < -0.4 is 5.73 Å². The summed E-state index contributed by atoms with van der Waals surface area (Å²) >= 11 is 1.16. The van der Waals surface area contributed by atoms with Gasteiger partial charge in [-0.05, 0) is 0 Å². The fourth-order valence-electron chi connectivity index (χ4n) is 0.119. The van der Waals surface area contributed by atoms with E-state index in [2.05, 4.69) is 5.92 Å². The molecule has 0 spiro atoms. The highest BCUT2D eigenvalue weighted by Gasteiger charge is 1.81. The van der Waals surface area contributed by atoms with E-state index in [4.69, 9.17) is 17.6 Å². The van der Waals surface area contributed by atoms with Gasteiger partial charge in [0, 0.05) is 0 Å². The monoisotopic (exact) mass is 114 g/mol. The lowest BCUT2D eigenvalue weighted by atomic mass is 10.8. The molecule has 3 heteroatoms. The van der Waals surface area contributed by atoms with Gasteiger partial charge in [0.05, 0.1) is 5.75 Å².